The first-order chi connectivity index (χ1) is 14.7. The molecule has 1 saturated heterocycles. The minimum Gasteiger partial charge on any atom is -0.508 e. The number of phenols is 1. The second-order valence-corrected chi connectivity index (χ2v) is 6.67. The Bertz CT molecular complexity index is 1020. The SMILES string of the molecule is Oc1cccc(Nc2ccc(C=NCc3ncc(F)c(N4CCOCC4)n3)nc2)c1. The van der Waals surface area contributed by atoms with E-state index in [0.717, 1.165) is 11.4 Å². The van der Waals surface area contributed by atoms with E-state index in [0.29, 0.717) is 43.6 Å². The van der Waals surface area contributed by atoms with Crippen LogP contribution in [-0.2, 0) is 11.3 Å². The number of ether oxygens (including phenoxy) is 1. The third-order valence-electron chi connectivity index (χ3n) is 4.46. The molecule has 1 aromatic carbocycles. The number of aromatic nitrogens is 3. The van der Waals surface area contributed by atoms with Crippen LogP contribution in [0.25, 0.3) is 0 Å². The standard InChI is InChI=1S/C21H21FN6O2/c22-19-13-25-20(27-21(19)28-6-8-30-9-7-28)14-23-11-16-4-5-17(12-24-16)26-15-2-1-3-18(29)10-15/h1-5,10-13,26,29H,6-9,14H2. The highest BCUT2D eigenvalue weighted by atomic mass is 19.1. The molecular weight excluding hydrogens is 387 g/mol. The van der Waals surface area contributed by atoms with E-state index in [1.54, 1.807) is 30.6 Å². The van der Waals surface area contributed by atoms with Crippen molar-refractivity contribution in [2.45, 2.75) is 6.54 Å². The van der Waals surface area contributed by atoms with Crippen LogP contribution in [0.5, 0.6) is 5.75 Å². The van der Waals surface area contributed by atoms with Gasteiger partial charge in [-0.05, 0) is 24.3 Å². The summed E-state index contributed by atoms with van der Waals surface area (Å²) in [6, 6.07) is 10.5. The van der Waals surface area contributed by atoms with Crippen molar-refractivity contribution in [3.8, 4) is 5.75 Å². The maximum absolute atomic E-state index is 14.1. The molecule has 2 N–H and O–H groups in total. The molecule has 154 valence electrons. The van der Waals surface area contributed by atoms with Crippen LogP contribution < -0.4 is 10.2 Å². The van der Waals surface area contributed by atoms with E-state index in [4.69, 9.17) is 4.74 Å². The Labute approximate surface area is 173 Å². The van der Waals surface area contributed by atoms with Crippen LogP contribution in [0.15, 0.2) is 53.8 Å². The molecule has 30 heavy (non-hydrogen) atoms. The second-order valence-electron chi connectivity index (χ2n) is 6.67. The summed E-state index contributed by atoms with van der Waals surface area (Å²) >= 11 is 0. The highest BCUT2D eigenvalue weighted by Crippen LogP contribution is 2.20. The maximum Gasteiger partial charge on any atom is 0.183 e. The number of halogens is 1. The molecule has 0 bridgehead atoms. The number of hydrogen-bond donors (Lipinski definition) is 2. The Hall–Kier alpha value is -3.59. The summed E-state index contributed by atoms with van der Waals surface area (Å²) in [5.41, 5.74) is 2.23. The molecule has 0 amide bonds. The molecule has 0 radical (unpaired) electrons. The van der Waals surface area contributed by atoms with Gasteiger partial charge < -0.3 is 20.1 Å². The lowest BCUT2D eigenvalue weighted by atomic mass is 10.3. The topological polar surface area (TPSA) is 95.8 Å². The number of benzene rings is 1. The quantitative estimate of drug-likeness (QED) is 0.606. The average molecular weight is 408 g/mol. The van der Waals surface area contributed by atoms with Gasteiger partial charge in [-0.3, -0.25) is 9.98 Å². The third-order valence-corrected chi connectivity index (χ3v) is 4.46. The van der Waals surface area contributed by atoms with E-state index in [1.807, 2.05) is 23.1 Å². The molecule has 0 spiro atoms. The molecule has 9 heteroatoms. The van der Waals surface area contributed by atoms with Crippen molar-refractivity contribution in [3.05, 3.63) is 66.1 Å². The molecule has 3 aromatic rings. The van der Waals surface area contributed by atoms with Gasteiger partial charge >= 0.3 is 0 Å². The largest absolute Gasteiger partial charge is 0.508 e. The molecule has 1 aliphatic heterocycles. The number of nitrogens with zero attached hydrogens (tertiary/aromatic N) is 5. The van der Waals surface area contributed by atoms with Crippen molar-refractivity contribution in [1.29, 1.82) is 0 Å². The van der Waals surface area contributed by atoms with E-state index in [1.165, 1.54) is 6.20 Å². The first-order valence-electron chi connectivity index (χ1n) is 9.53. The smallest absolute Gasteiger partial charge is 0.183 e. The highest BCUT2D eigenvalue weighted by molar-refractivity contribution is 5.77. The molecule has 4 rings (SSSR count). The summed E-state index contributed by atoms with van der Waals surface area (Å²) < 4.78 is 19.4. The number of rotatable bonds is 6. The Morgan fingerprint density at radius 2 is 2.00 bits per heavy atom. The third kappa shape index (κ3) is 5.06. The molecule has 0 saturated carbocycles. The lowest BCUT2D eigenvalue weighted by Crippen LogP contribution is -2.37. The van der Waals surface area contributed by atoms with Crippen LogP contribution in [0.1, 0.15) is 11.5 Å². The fraction of sp³-hybridized carbons (Fsp3) is 0.238. The maximum atomic E-state index is 14.1. The Morgan fingerprint density at radius 1 is 1.13 bits per heavy atom. The molecular formula is C21H21FN6O2. The molecule has 0 aliphatic carbocycles. The molecule has 1 aliphatic rings. The number of nitrogens with one attached hydrogen (secondary N) is 1. The van der Waals surface area contributed by atoms with Gasteiger partial charge in [0.25, 0.3) is 0 Å². The lowest BCUT2D eigenvalue weighted by Gasteiger charge is -2.28. The number of anilines is 3. The minimum atomic E-state index is -0.443. The predicted octanol–water partition coefficient (Wildman–Crippen LogP) is 2.92. The number of phenolic OH excluding ortho intramolecular Hbond substituents is 1. The number of pyridine rings is 1. The summed E-state index contributed by atoms with van der Waals surface area (Å²) in [5, 5.41) is 12.7. The number of aromatic hydroxyl groups is 1. The fourth-order valence-electron chi connectivity index (χ4n) is 2.99. The zero-order chi connectivity index (χ0) is 20.8. The van der Waals surface area contributed by atoms with Gasteiger partial charge in [-0.25, -0.2) is 14.4 Å². The van der Waals surface area contributed by atoms with E-state index in [-0.39, 0.29) is 12.3 Å². The van der Waals surface area contributed by atoms with Gasteiger partial charge in [0.05, 0.1) is 43.5 Å². The predicted molar refractivity (Wildman–Crippen MR) is 112 cm³/mol. The van der Waals surface area contributed by atoms with Crippen molar-refractivity contribution in [2.75, 3.05) is 36.5 Å². The van der Waals surface area contributed by atoms with Crippen LogP contribution >= 0.6 is 0 Å². The van der Waals surface area contributed by atoms with E-state index in [2.05, 4.69) is 25.3 Å². The first-order valence-corrected chi connectivity index (χ1v) is 9.53. The van der Waals surface area contributed by atoms with Gasteiger partial charge in [0.1, 0.15) is 5.75 Å². The number of hydrogen-bond acceptors (Lipinski definition) is 8. The zero-order valence-corrected chi connectivity index (χ0v) is 16.2. The van der Waals surface area contributed by atoms with Crippen molar-refractivity contribution < 1.29 is 14.2 Å². The second kappa shape index (κ2) is 9.27. The van der Waals surface area contributed by atoms with E-state index >= 15 is 0 Å². The van der Waals surface area contributed by atoms with Crippen LogP contribution in [0, 0.1) is 5.82 Å². The summed E-state index contributed by atoms with van der Waals surface area (Å²) in [7, 11) is 0. The number of aliphatic imine (C=N–C) groups is 1. The monoisotopic (exact) mass is 408 g/mol. The summed E-state index contributed by atoms with van der Waals surface area (Å²) in [5.74, 6) is 0.480. The first kappa shape index (κ1) is 19.7. The molecule has 3 heterocycles. The summed E-state index contributed by atoms with van der Waals surface area (Å²) in [4.78, 5) is 18.9. The van der Waals surface area contributed by atoms with Gasteiger partial charge in [-0.1, -0.05) is 6.07 Å². The zero-order valence-electron chi connectivity index (χ0n) is 16.2. The lowest BCUT2D eigenvalue weighted by molar-refractivity contribution is 0.122. The van der Waals surface area contributed by atoms with Crippen LogP contribution in [-0.4, -0.2) is 52.6 Å². The van der Waals surface area contributed by atoms with E-state index < -0.39 is 5.82 Å². The number of morpholine rings is 1. The summed E-state index contributed by atoms with van der Waals surface area (Å²) in [6.45, 7) is 2.54. The highest BCUT2D eigenvalue weighted by Gasteiger charge is 2.17. The van der Waals surface area contributed by atoms with Gasteiger partial charge in [-0.2, -0.15) is 0 Å². The van der Waals surface area contributed by atoms with Crippen LogP contribution in [0.2, 0.25) is 0 Å². The van der Waals surface area contributed by atoms with E-state index in [9.17, 15) is 9.50 Å². The van der Waals surface area contributed by atoms with Gasteiger partial charge in [0.15, 0.2) is 17.5 Å². The van der Waals surface area contributed by atoms with Crippen molar-refractivity contribution >= 4 is 23.4 Å². The average Bonchev–Trinajstić information content (AvgIpc) is 2.77. The van der Waals surface area contributed by atoms with Gasteiger partial charge in [0.2, 0.25) is 0 Å². The van der Waals surface area contributed by atoms with Gasteiger partial charge in [-0.15, -0.1) is 0 Å². The molecule has 0 unspecified atom stereocenters. The van der Waals surface area contributed by atoms with Crippen molar-refractivity contribution in [1.82, 2.24) is 15.0 Å². The van der Waals surface area contributed by atoms with Gasteiger partial charge in [0, 0.05) is 31.1 Å². The van der Waals surface area contributed by atoms with Crippen molar-refractivity contribution in [2.24, 2.45) is 4.99 Å². The summed E-state index contributed by atoms with van der Waals surface area (Å²) in [6.07, 6.45) is 4.48. The van der Waals surface area contributed by atoms with Crippen LogP contribution in [0.3, 0.4) is 0 Å². The Kier molecular flexibility index (Phi) is 6.09. The minimum absolute atomic E-state index is 0.191. The molecule has 8 nitrogen and oxygen atoms in total. The molecule has 0 atom stereocenters. The molecule has 1 fully saturated rings. The Balaban J connectivity index is 1.37. The molecule has 2 aromatic heterocycles. The van der Waals surface area contributed by atoms with Crippen LogP contribution in [0.4, 0.5) is 21.6 Å². The van der Waals surface area contributed by atoms with Crippen molar-refractivity contribution in [3.63, 3.8) is 0 Å². The fourth-order valence-corrected chi connectivity index (χ4v) is 2.99. The normalized spacial score (nSPS) is 14.2. The Morgan fingerprint density at radius 3 is 2.77 bits per heavy atom.